The highest BCUT2D eigenvalue weighted by Gasteiger charge is 2.11. The summed E-state index contributed by atoms with van der Waals surface area (Å²) in [6.45, 7) is 2.06. The molecule has 1 heterocycles. The average Bonchev–Trinajstić information content (AvgIpc) is 3.11. The molecule has 1 N–H and O–H groups in total. The molecule has 0 spiro atoms. The summed E-state index contributed by atoms with van der Waals surface area (Å²) in [6, 6.07) is 16.0. The Morgan fingerprint density at radius 1 is 1.19 bits per heavy atom. The van der Waals surface area contributed by atoms with E-state index in [1.54, 1.807) is 18.9 Å². The normalized spacial score (nSPS) is 10.5. The van der Waals surface area contributed by atoms with E-state index in [2.05, 4.69) is 41.5 Å². The third-order valence-electron chi connectivity index (χ3n) is 3.75. The Morgan fingerprint density at radius 2 is 1.96 bits per heavy atom. The second kappa shape index (κ2) is 8.87. The SMILES string of the molecule is COc1ccccc1-c1csc(NC(=O)CCSc2ccc(C)cc2)n1. The number of amides is 1. The molecule has 3 aromatic rings. The first-order valence-corrected chi connectivity index (χ1v) is 10.1. The van der Waals surface area contributed by atoms with Crippen LogP contribution in [-0.2, 0) is 4.79 Å². The average molecular weight is 385 g/mol. The van der Waals surface area contributed by atoms with Crippen LogP contribution in [0.3, 0.4) is 0 Å². The van der Waals surface area contributed by atoms with Gasteiger partial charge in [-0.2, -0.15) is 0 Å². The van der Waals surface area contributed by atoms with Gasteiger partial charge in [0, 0.05) is 28.0 Å². The van der Waals surface area contributed by atoms with Crippen molar-refractivity contribution < 1.29 is 9.53 Å². The Labute approximate surface area is 161 Å². The minimum atomic E-state index is -0.0226. The minimum Gasteiger partial charge on any atom is -0.496 e. The van der Waals surface area contributed by atoms with Crippen LogP contribution in [0.15, 0.2) is 58.8 Å². The molecular formula is C20H20N2O2S2. The summed E-state index contributed by atoms with van der Waals surface area (Å²) in [4.78, 5) is 17.8. The minimum absolute atomic E-state index is 0.0226. The number of methoxy groups -OCH3 is 1. The second-order valence-electron chi connectivity index (χ2n) is 5.70. The first-order valence-electron chi connectivity index (χ1n) is 8.24. The lowest BCUT2D eigenvalue weighted by Gasteiger charge is -2.05. The van der Waals surface area contributed by atoms with Gasteiger partial charge in [0.15, 0.2) is 5.13 Å². The van der Waals surface area contributed by atoms with E-state index >= 15 is 0 Å². The van der Waals surface area contributed by atoms with Crippen LogP contribution >= 0.6 is 23.1 Å². The molecule has 2 aromatic carbocycles. The molecular weight excluding hydrogens is 364 g/mol. The molecule has 0 aliphatic carbocycles. The largest absolute Gasteiger partial charge is 0.496 e. The van der Waals surface area contributed by atoms with Crippen LogP contribution in [0.5, 0.6) is 5.75 Å². The van der Waals surface area contributed by atoms with Gasteiger partial charge in [0.2, 0.25) is 5.91 Å². The van der Waals surface area contributed by atoms with E-state index < -0.39 is 0 Å². The van der Waals surface area contributed by atoms with Gasteiger partial charge >= 0.3 is 0 Å². The van der Waals surface area contributed by atoms with Crippen LogP contribution < -0.4 is 10.1 Å². The van der Waals surface area contributed by atoms with Gasteiger partial charge in [-0.25, -0.2) is 4.98 Å². The summed E-state index contributed by atoms with van der Waals surface area (Å²) in [7, 11) is 1.64. The fourth-order valence-electron chi connectivity index (χ4n) is 2.39. The lowest BCUT2D eigenvalue weighted by Crippen LogP contribution is -2.11. The second-order valence-corrected chi connectivity index (χ2v) is 7.72. The molecule has 0 unspecified atom stereocenters. The maximum atomic E-state index is 12.1. The van der Waals surface area contributed by atoms with Gasteiger partial charge in [-0.15, -0.1) is 23.1 Å². The number of nitrogens with zero attached hydrogens (tertiary/aromatic N) is 1. The van der Waals surface area contributed by atoms with Crippen LogP contribution in [-0.4, -0.2) is 23.8 Å². The number of rotatable bonds is 7. The van der Waals surface area contributed by atoms with E-state index in [1.165, 1.54) is 21.8 Å². The summed E-state index contributed by atoms with van der Waals surface area (Å²) < 4.78 is 5.37. The number of nitrogens with one attached hydrogen (secondary N) is 1. The van der Waals surface area contributed by atoms with E-state index in [0.717, 1.165) is 22.8 Å². The number of ether oxygens (including phenoxy) is 1. The Balaban J connectivity index is 1.53. The van der Waals surface area contributed by atoms with Crippen molar-refractivity contribution in [3.05, 3.63) is 59.5 Å². The zero-order valence-electron chi connectivity index (χ0n) is 14.7. The smallest absolute Gasteiger partial charge is 0.226 e. The van der Waals surface area contributed by atoms with Crippen molar-refractivity contribution in [1.29, 1.82) is 0 Å². The molecule has 0 atom stereocenters. The molecule has 6 heteroatoms. The van der Waals surface area contributed by atoms with Gasteiger partial charge in [0.05, 0.1) is 12.8 Å². The molecule has 134 valence electrons. The van der Waals surface area contributed by atoms with Crippen LogP contribution in [0.2, 0.25) is 0 Å². The monoisotopic (exact) mass is 384 g/mol. The molecule has 0 saturated carbocycles. The molecule has 1 aromatic heterocycles. The molecule has 3 rings (SSSR count). The molecule has 0 aliphatic heterocycles. The zero-order chi connectivity index (χ0) is 18.4. The number of carbonyl (C=O) groups is 1. The Kier molecular flexibility index (Phi) is 6.30. The van der Waals surface area contributed by atoms with Gasteiger partial charge in [-0.05, 0) is 31.2 Å². The highest BCUT2D eigenvalue weighted by Crippen LogP contribution is 2.32. The number of hydrogen-bond acceptors (Lipinski definition) is 5. The predicted molar refractivity (Wildman–Crippen MR) is 109 cm³/mol. The fourth-order valence-corrected chi connectivity index (χ4v) is 3.97. The summed E-state index contributed by atoms with van der Waals surface area (Å²) in [5.74, 6) is 1.48. The van der Waals surface area contributed by atoms with E-state index in [9.17, 15) is 4.79 Å². The number of anilines is 1. The topological polar surface area (TPSA) is 51.2 Å². The third-order valence-corrected chi connectivity index (χ3v) is 5.52. The quantitative estimate of drug-likeness (QED) is 0.565. The highest BCUT2D eigenvalue weighted by atomic mass is 32.2. The summed E-state index contributed by atoms with van der Waals surface area (Å²) in [5.41, 5.74) is 2.96. The van der Waals surface area contributed by atoms with Crippen molar-refractivity contribution >= 4 is 34.1 Å². The Morgan fingerprint density at radius 3 is 2.73 bits per heavy atom. The standard InChI is InChI=1S/C20H20N2O2S2/c1-14-7-9-15(10-8-14)25-12-11-19(23)22-20-21-17(13-26-20)16-5-3-4-6-18(16)24-2/h3-10,13H,11-12H2,1-2H3,(H,21,22,23). The maximum absolute atomic E-state index is 12.1. The van der Waals surface area contributed by atoms with E-state index in [-0.39, 0.29) is 5.91 Å². The molecule has 0 bridgehead atoms. The molecule has 1 amide bonds. The van der Waals surface area contributed by atoms with Crippen molar-refractivity contribution in [3.8, 4) is 17.0 Å². The first kappa shape index (κ1) is 18.5. The van der Waals surface area contributed by atoms with Crippen molar-refractivity contribution in [1.82, 2.24) is 4.98 Å². The number of para-hydroxylation sites is 1. The molecule has 26 heavy (non-hydrogen) atoms. The molecule has 0 aliphatic rings. The first-order chi connectivity index (χ1) is 12.7. The summed E-state index contributed by atoms with van der Waals surface area (Å²) in [6.07, 6.45) is 0.447. The van der Waals surface area contributed by atoms with Gasteiger partial charge in [0.25, 0.3) is 0 Å². The predicted octanol–water partition coefficient (Wildman–Crippen LogP) is 5.25. The van der Waals surface area contributed by atoms with Crippen molar-refractivity contribution in [2.75, 3.05) is 18.2 Å². The fraction of sp³-hybridized carbons (Fsp3) is 0.200. The van der Waals surface area contributed by atoms with Crippen molar-refractivity contribution in [3.63, 3.8) is 0 Å². The Hall–Kier alpha value is -2.31. The van der Waals surface area contributed by atoms with E-state index in [0.29, 0.717) is 11.6 Å². The maximum Gasteiger partial charge on any atom is 0.226 e. The number of aromatic nitrogens is 1. The van der Waals surface area contributed by atoms with Crippen LogP contribution in [0.4, 0.5) is 5.13 Å². The van der Waals surface area contributed by atoms with Crippen molar-refractivity contribution in [2.45, 2.75) is 18.2 Å². The lowest BCUT2D eigenvalue weighted by atomic mass is 10.1. The van der Waals surface area contributed by atoms with E-state index in [4.69, 9.17) is 4.74 Å². The van der Waals surface area contributed by atoms with Crippen LogP contribution in [0.25, 0.3) is 11.3 Å². The van der Waals surface area contributed by atoms with E-state index in [1.807, 2.05) is 29.6 Å². The number of aryl methyl sites for hydroxylation is 1. The summed E-state index contributed by atoms with van der Waals surface area (Å²) in [5, 5.41) is 5.41. The van der Waals surface area contributed by atoms with Crippen LogP contribution in [0.1, 0.15) is 12.0 Å². The lowest BCUT2D eigenvalue weighted by molar-refractivity contribution is -0.115. The van der Waals surface area contributed by atoms with Gasteiger partial charge < -0.3 is 10.1 Å². The number of benzene rings is 2. The Bertz CT molecular complexity index is 876. The van der Waals surface area contributed by atoms with Gasteiger partial charge in [0.1, 0.15) is 5.75 Å². The highest BCUT2D eigenvalue weighted by molar-refractivity contribution is 7.99. The molecule has 0 saturated heterocycles. The molecule has 0 radical (unpaired) electrons. The number of thiazole rings is 1. The third kappa shape index (κ3) is 4.86. The molecule has 0 fully saturated rings. The summed E-state index contributed by atoms with van der Waals surface area (Å²) >= 11 is 3.10. The number of carbonyl (C=O) groups excluding carboxylic acids is 1. The van der Waals surface area contributed by atoms with Crippen LogP contribution in [0, 0.1) is 6.92 Å². The van der Waals surface area contributed by atoms with Gasteiger partial charge in [-0.1, -0.05) is 29.8 Å². The number of hydrogen-bond donors (Lipinski definition) is 1. The molecule has 4 nitrogen and oxygen atoms in total. The van der Waals surface area contributed by atoms with Gasteiger partial charge in [-0.3, -0.25) is 4.79 Å². The van der Waals surface area contributed by atoms with Crippen molar-refractivity contribution in [2.24, 2.45) is 0 Å². The number of thioether (sulfide) groups is 1. The zero-order valence-corrected chi connectivity index (χ0v) is 16.3.